The normalized spacial score (nSPS) is 10.6. The van der Waals surface area contributed by atoms with Crippen LogP contribution in [-0.4, -0.2) is 20.1 Å². The fraction of sp³-hybridized carbons (Fsp3) is 0.250. The molecule has 0 bridgehead atoms. The van der Waals surface area contributed by atoms with Gasteiger partial charge in [0.25, 0.3) is 5.91 Å². The molecule has 0 aliphatic heterocycles. The van der Waals surface area contributed by atoms with E-state index in [0.29, 0.717) is 10.6 Å². The predicted molar refractivity (Wildman–Crippen MR) is 109 cm³/mol. The molecule has 1 amide bonds. The fourth-order valence-corrected chi connectivity index (χ4v) is 3.65. The average Bonchev–Trinajstić information content (AvgIpc) is 3.24. The fourth-order valence-electron chi connectivity index (χ4n) is 3.10. The third-order valence-electron chi connectivity index (χ3n) is 4.20. The number of para-hydroxylation sites is 1. The van der Waals surface area contributed by atoms with Crippen molar-refractivity contribution in [2.45, 2.75) is 34.2 Å². The van der Waals surface area contributed by atoms with Gasteiger partial charge >= 0.3 is 0 Å². The highest BCUT2D eigenvalue weighted by Crippen LogP contribution is 2.31. The van der Waals surface area contributed by atoms with Gasteiger partial charge in [-0.3, -0.25) is 4.79 Å². The second-order valence-corrected chi connectivity index (χ2v) is 6.39. The SMILES string of the molecule is CC.CCn1c2ccccc2c2cc(NC(=O)c3snnc3C)ccc21. The number of amides is 1. The number of fused-ring (bicyclic) bond motifs is 3. The largest absolute Gasteiger partial charge is 0.341 e. The lowest BCUT2D eigenvalue weighted by molar-refractivity contribution is 0.103. The quantitative estimate of drug-likeness (QED) is 0.538. The maximum atomic E-state index is 12.4. The maximum absolute atomic E-state index is 12.4. The lowest BCUT2D eigenvalue weighted by Gasteiger charge is -2.06. The minimum atomic E-state index is -0.166. The first kappa shape index (κ1) is 18.1. The van der Waals surface area contributed by atoms with Crippen molar-refractivity contribution in [3.8, 4) is 0 Å². The van der Waals surface area contributed by atoms with Crippen LogP contribution in [0.25, 0.3) is 21.8 Å². The number of carbonyl (C=O) groups excluding carboxylic acids is 1. The van der Waals surface area contributed by atoms with Gasteiger partial charge in [0.2, 0.25) is 0 Å². The van der Waals surface area contributed by atoms with Crippen LogP contribution in [0.1, 0.15) is 36.1 Å². The van der Waals surface area contributed by atoms with Gasteiger partial charge in [0.05, 0.1) is 5.69 Å². The molecule has 4 aromatic rings. The van der Waals surface area contributed by atoms with E-state index in [2.05, 4.69) is 50.7 Å². The molecular weight excluding hydrogens is 344 g/mol. The van der Waals surface area contributed by atoms with Crippen molar-refractivity contribution >= 4 is 44.9 Å². The van der Waals surface area contributed by atoms with Crippen LogP contribution in [0.5, 0.6) is 0 Å². The van der Waals surface area contributed by atoms with Gasteiger partial charge in [-0.2, -0.15) is 0 Å². The van der Waals surface area contributed by atoms with Crippen LogP contribution in [0.15, 0.2) is 42.5 Å². The minimum absolute atomic E-state index is 0.166. The van der Waals surface area contributed by atoms with E-state index in [4.69, 9.17) is 0 Å². The highest BCUT2D eigenvalue weighted by atomic mass is 32.1. The number of nitrogens with zero attached hydrogens (tertiary/aromatic N) is 3. The first-order valence-electron chi connectivity index (χ1n) is 8.80. The topological polar surface area (TPSA) is 59.8 Å². The highest BCUT2D eigenvalue weighted by Gasteiger charge is 2.15. The summed E-state index contributed by atoms with van der Waals surface area (Å²) in [6.07, 6.45) is 0. The van der Waals surface area contributed by atoms with Crippen LogP contribution in [0.3, 0.4) is 0 Å². The molecule has 0 atom stereocenters. The lowest BCUT2D eigenvalue weighted by atomic mass is 10.1. The van der Waals surface area contributed by atoms with Gasteiger partial charge in [0.15, 0.2) is 0 Å². The number of anilines is 1. The summed E-state index contributed by atoms with van der Waals surface area (Å²) in [5.41, 5.74) is 3.81. The number of carbonyl (C=O) groups is 1. The molecule has 0 aliphatic rings. The van der Waals surface area contributed by atoms with Crippen LogP contribution in [0.2, 0.25) is 0 Å². The first-order chi connectivity index (χ1) is 12.7. The Morgan fingerprint density at radius 2 is 1.85 bits per heavy atom. The number of aryl methyl sites for hydroxylation is 2. The first-order valence-corrected chi connectivity index (χ1v) is 9.57. The van der Waals surface area contributed by atoms with E-state index in [0.717, 1.165) is 29.2 Å². The monoisotopic (exact) mass is 366 g/mol. The molecule has 26 heavy (non-hydrogen) atoms. The van der Waals surface area contributed by atoms with Crippen molar-refractivity contribution in [1.82, 2.24) is 14.2 Å². The zero-order valence-electron chi connectivity index (χ0n) is 15.4. The molecule has 0 unspecified atom stereocenters. The smallest absolute Gasteiger partial charge is 0.269 e. The second-order valence-electron chi connectivity index (χ2n) is 5.63. The van der Waals surface area contributed by atoms with Crippen molar-refractivity contribution in [2.75, 3.05) is 5.32 Å². The van der Waals surface area contributed by atoms with Crippen LogP contribution >= 0.6 is 11.5 Å². The highest BCUT2D eigenvalue weighted by molar-refractivity contribution is 7.08. The molecular formula is C20H22N4OS. The number of rotatable bonds is 3. The Hall–Kier alpha value is -2.73. The zero-order valence-corrected chi connectivity index (χ0v) is 16.2. The van der Waals surface area contributed by atoms with Gasteiger partial charge < -0.3 is 9.88 Å². The van der Waals surface area contributed by atoms with Gasteiger partial charge in [0.1, 0.15) is 4.88 Å². The number of nitrogens with one attached hydrogen (secondary N) is 1. The molecule has 2 aromatic carbocycles. The third kappa shape index (κ3) is 3.08. The zero-order chi connectivity index (χ0) is 18.7. The summed E-state index contributed by atoms with van der Waals surface area (Å²) < 4.78 is 6.10. The lowest BCUT2D eigenvalue weighted by Crippen LogP contribution is -2.11. The van der Waals surface area contributed by atoms with Crippen molar-refractivity contribution in [1.29, 1.82) is 0 Å². The molecule has 5 nitrogen and oxygen atoms in total. The van der Waals surface area contributed by atoms with E-state index in [9.17, 15) is 4.79 Å². The molecule has 0 radical (unpaired) electrons. The molecule has 0 fully saturated rings. The Bertz CT molecular complexity index is 1060. The van der Waals surface area contributed by atoms with Gasteiger partial charge in [-0.05, 0) is 49.6 Å². The molecule has 0 spiro atoms. The summed E-state index contributed by atoms with van der Waals surface area (Å²) in [6.45, 7) is 8.83. The number of benzene rings is 2. The third-order valence-corrected chi connectivity index (χ3v) is 5.03. The van der Waals surface area contributed by atoms with E-state index >= 15 is 0 Å². The Labute approximate surface area is 156 Å². The van der Waals surface area contributed by atoms with Crippen molar-refractivity contribution in [3.05, 3.63) is 53.0 Å². The van der Waals surface area contributed by atoms with Crippen LogP contribution in [0, 0.1) is 6.92 Å². The molecule has 0 saturated heterocycles. The molecule has 6 heteroatoms. The van der Waals surface area contributed by atoms with E-state index in [-0.39, 0.29) is 5.91 Å². The number of hydrogen-bond donors (Lipinski definition) is 1. The molecule has 4 rings (SSSR count). The summed E-state index contributed by atoms with van der Waals surface area (Å²) in [5.74, 6) is -0.166. The Balaban J connectivity index is 0.000000948. The summed E-state index contributed by atoms with van der Waals surface area (Å²) in [5, 5.41) is 9.18. The van der Waals surface area contributed by atoms with Gasteiger partial charge in [-0.1, -0.05) is 36.5 Å². The molecule has 1 N–H and O–H groups in total. The average molecular weight is 366 g/mol. The second kappa shape index (κ2) is 7.66. The summed E-state index contributed by atoms with van der Waals surface area (Å²) in [6, 6.07) is 14.4. The van der Waals surface area contributed by atoms with E-state index in [1.807, 2.05) is 32.0 Å². The predicted octanol–water partition coefficient (Wildman–Crippen LogP) is 5.25. The molecule has 0 saturated carbocycles. The number of aromatic nitrogens is 3. The molecule has 2 aromatic heterocycles. The Kier molecular flexibility index (Phi) is 5.32. The number of hydrogen-bond acceptors (Lipinski definition) is 4. The minimum Gasteiger partial charge on any atom is -0.341 e. The summed E-state index contributed by atoms with van der Waals surface area (Å²) >= 11 is 1.11. The maximum Gasteiger partial charge on any atom is 0.269 e. The van der Waals surface area contributed by atoms with E-state index < -0.39 is 0 Å². The van der Waals surface area contributed by atoms with E-state index in [1.54, 1.807) is 6.92 Å². The molecule has 0 aliphatic carbocycles. The van der Waals surface area contributed by atoms with Gasteiger partial charge in [-0.25, -0.2) is 0 Å². The Morgan fingerprint density at radius 3 is 2.54 bits per heavy atom. The van der Waals surface area contributed by atoms with Crippen molar-refractivity contribution < 1.29 is 4.79 Å². The van der Waals surface area contributed by atoms with Crippen LogP contribution < -0.4 is 5.32 Å². The van der Waals surface area contributed by atoms with Crippen molar-refractivity contribution in [2.24, 2.45) is 0 Å². The van der Waals surface area contributed by atoms with Crippen molar-refractivity contribution in [3.63, 3.8) is 0 Å². The van der Waals surface area contributed by atoms with Gasteiger partial charge in [0, 0.05) is 34.0 Å². The molecule has 2 heterocycles. The summed E-state index contributed by atoms with van der Waals surface area (Å²) in [4.78, 5) is 12.9. The standard InChI is InChI=1S/C18H16N4OS.C2H6/c1-3-22-15-7-5-4-6-13(15)14-10-12(8-9-16(14)22)19-18(23)17-11(2)20-21-24-17;1-2/h4-10H,3H2,1-2H3,(H,19,23);1-2H3. The summed E-state index contributed by atoms with van der Waals surface area (Å²) in [7, 11) is 0. The van der Waals surface area contributed by atoms with Crippen LogP contribution in [0.4, 0.5) is 5.69 Å². The molecule has 134 valence electrons. The van der Waals surface area contributed by atoms with Crippen LogP contribution in [-0.2, 0) is 6.54 Å². The van der Waals surface area contributed by atoms with E-state index in [1.165, 1.54) is 16.4 Å². The van der Waals surface area contributed by atoms with Gasteiger partial charge in [-0.15, -0.1) is 5.10 Å². The Morgan fingerprint density at radius 1 is 1.12 bits per heavy atom.